The van der Waals surface area contributed by atoms with E-state index in [1.807, 2.05) is 12.3 Å². The summed E-state index contributed by atoms with van der Waals surface area (Å²) in [7, 11) is 0. The summed E-state index contributed by atoms with van der Waals surface area (Å²) in [5.74, 6) is 0. The second-order valence-electron chi connectivity index (χ2n) is 4.90. The smallest absolute Gasteiger partial charge is 0.129 e. The predicted octanol–water partition coefficient (Wildman–Crippen LogP) is 2.26. The van der Waals surface area contributed by atoms with E-state index in [4.69, 9.17) is 11.6 Å². The molecule has 0 bridgehead atoms. The van der Waals surface area contributed by atoms with Gasteiger partial charge in [0, 0.05) is 45.0 Å². The number of halogens is 1. The van der Waals surface area contributed by atoms with Crippen molar-refractivity contribution in [2.24, 2.45) is 0 Å². The minimum Gasteiger partial charge on any atom is -0.298 e. The summed E-state index contributed by atoms with van der Waals surface area (Å²) in [6.45, 7) is 10.1. The lowest BCUT2D eigenvalue weighted by atomic mass is 10.2. The molecule has 17 heavy (non-hydrogen) atoms. The third-order valence-electron chi connectivity index (χ3n) is 3.33. The van der Waals surface area contributed by atoms with Crippen molar-refractivity contribution in [3.63, 3.8) is 0 Å². The van der Waals surface area contributed by atoms with Crippen LogP contribution in [-0.4, -0.2) is 47.0 Å². The van der Waals surface area contributed by atoms with E-state index in [-0.39, 0.29) is 0 Å². The summed E-state index contributed by atoms with van der Waals surface area (Å²) in [5.41, 5.74) is 1.24. The Morgan fingerprint density at radius 1 is 1.24 bits per heavy atom. The molecule has 0 atom stereocenters. The SMILES string of the molecule is CC(C)N1CCN(Cc2ccc(Cl)nc2)CC1. The molecule has 1 aromatic heterocycles. The number of rotatable bonds is 3. The maximum Gasteiger partial charge on any atom is 0.129 e. The average Bonchev–Trinajstić information content (AvgIpc) is 2.33. The van der Waals surface area contributed by atoms with Gasteiger partial charge in [-0.2, -0.15) is 0 Å². The zero-order valence-electron chi connectivity index (χ0n) is 10.6. The molecule has 0 saturated carbocycles. The van der Waals surface area contributed by atoms with Gasteiger partial charge in [-0.15, -0.1) is 0 Å². The molecule has 0 spiro atoms. The van der Waals surface area contributed by atoms with Crippen LogP contribution in [0, 0.1) is 0 Å². The lowest BCUT2D eigenvalue weighted by Gasteiger charge is -2.36. The Hall–Kier alpha value is -0.640. The van der Waals surface area contributed by atoms with Crippen LogP contribution in [0.5, 0.6) is 0 Å². The third kappa shape index (κ3) is 3.66. The molecule has 2 rings (SSSR count). The van der Waals surface area contributed by atoms with Crippen molar-refractivity contribution in [1.29, 1.82) is 0 Å². The molecule has 0 aliphatic carbocycles. The molecule has 0 amide bonds. The molecule has 4 heteroatoms. The first kappa shape index (κ1) is 12.8. The summed E-state index contributed by atoms with van der Waals surface area (Å²) in [4.78, 5) is 9.12. The lowest BCUT2D eigenvalue weighted by molar-refractivity contribution is 0.104. The molecule has 94 valence electrons. The number of hydrogen-bond donors (Lipinski definition) is 0. The number of nitrogens with zero attached hydrogens (tertiary/aromatic N) is 3. The first-order valence-corrected chi connectivity index (χ1v) is 6.60. The van der Waals surface area contributed by atoms with Gasteiger partial charge >= 0.3 is 0 Å². The minimum atomic E-state index is 0.568. The topological polar surface area (TPSA) is 19.4 Å². The van der Waals surface area contributed by atoms with Gasteiger partial charge in [-0.25, -0.2) is 4.98 Å². The van der Waals surface area contributed by atoms with E-state index in [1.165, 1.54) is 18.7 Å². The van der Waals surface area contributed by atoms with Gasteiger partial charge in [0.1, 0.15) is 5.15 Å². The molecular formula is C13H20ClN3. The molecule has 1 fully saturated rings. The van der Waals surface area contributed by atoms with E-state index >= 15 is 0 Å². The fourth-order valence-electron chi connectivity index (χ4n) is 2.20. The summed E-state index contributed by atoms with van der Waals surface area (Å²) in [6.07, 6.45) is 1.87. The Morgan fingerprint density at radius 2 is 1.94 bits per heavy atom. The summed E-state index contributed by atoms with van der Waals surface area (Å²) < 4.78 is 0. The Kier molecular flexibility index (Phi) is 4.37. The molecule has 3 nitrogen and oxygen atoms in total. The van der Waals surface area contributed by atoms with Crippen molar-refractivity contribution >= 4 is 11.6 Å². The standard InChI is InChI=1S/C13H20ClN3/c1-11(2)17-7-5-16(6-8-17)10-12-3-4-13(14)15-9-12/h3-4,9,11H,5-8,10H2,1-2H3. The van der Waals surface area contributed by atoms with Crippen molar-refractivity contribution in [3.8, 4) is 0 Å². The van der Waals surface area contributed by atoms with Crippen LogP contribution >= 0.6 is 11.6 Å². The first-order valence-electron chi connectivity index (χ1n) is 6.22. The maximum atomic E-state index is 5.78. The normalized spacial score (nSPS) is 18.8. The predicted molar refractivity (Wildman–Crippen MR) is 71.2 cm³/mol. The highest BCUT2D eigenvalue weighted by atomic mass is 35.5. The van der Waals surface area contributed by atoms with E-state index in [0.717, 1.165) is 19.6 Å². The van der Waals surface area contributed by atoms with Crippen molar-refractivity contribution in [1.82, 2.24) is 14.8 Å². The van der Waals surface area contributed by atoms with E-state index in [9.17, 15) is 0 Å². The Balaban J connectivity index is 1.84. The largest absolute Gasteiger partial charge is 0.298 e. The lowest BCUT2D eigenvalue weighted by Crippen LogP contribution is -2.48. The number of aromatic nitrogens is 1. The molecule has 0 radical (unpaired) electrons. The summed E-state index contributed by atoms with van der Waals surface area (Å²) in [5, 5.41) is 0.568. The highest BCUT2D eigenvalue weighted by Gasteiger charge is 2.18. The van der Waals surface area contributed by atoms with Gasteiger partial charge in [0.2, 0.25) is 0 Å². The van der Waals surface area contributed by atoms with Crippen LogP contribution < -0.4 is 0 Å². The van der Waals surface area contributed by atoms with Crippen LogP contribution in [0.15, 0.2) is 18.3 Å². The average molecular weight is 254 g/mol. The van der Waals surface area contributed by atoms with Crippen LogP contribution in [0.4, 0.5) is 0 Å². The molecule has 0 unspecified atom stereocenters. The fraction of sp³-hybridized carbons (Fsp3) is 0.615. The molecule has 2 heterocycles. The number of pyridine rings is 1. The molecule has 1 aliphatic rings. The van der Waals surface area contributed by atoms with Gasteiger partial charge < -0.3 is 0 Å². The van der Waals surface area contributed by atoms with Crippen molar-refractivity contribution in [2.45, 2.75) is 26.4 Å². The number of hydrogen-bond acceptors (Lipinski definition) is 3. The van der Waals surface area contributed by atoms with Crippen LogP contribution in [0.1, 0.15) is 19.4 Å². The van der Waals surface area contributed by atoms with Gasteiger partial charge in [-0.1, -0.05) is 17.7 Å². The van der Waals surface area contributed by atoms with Gasteiger partial charge in [0.15, 0.2) is 0 Å². The van der Waals surface area contributed by atoms with Crippen LogP contribution in [0.25, 0.3) is 0 Å². The van der Waals surface area contributed by atoms with Crippen molar-refractivity contribution in [3.05, 3.63) is 29.0 Å². The Morgan fingerprint density at radius 3 is 2.47 bits per heavy atom. The first-order chi connectivity index (χ1) is 8.15. The summed E-state index contributed by atoms with van der Waals surface area (Å²) in [6, 6.07) is 4.58. The highest BCUT2D eigenvalue weighted by Crippen LogP contribution is 2.11. The minimum absolute atomic E-state index is 0.568. The van der Waals surface area contributed by atoms with Crippen LogP contribution in [0.2, 0.25) is 5.15 Å². The van der Waals surface area contributed by atoms with Gasteiger partial charge in [0.05, 0.1) is 0 Å². The molecule has 1 aromatic rings. The van der Waals surface area contributed by atoms with E-state index in [0.29, 0.717) is 11.2 Å². The molecule has 0 aromatic carbocycles. The van der Waals surface area contributed by atoms with Gasteiger partial charge in [-0.3, -0.25) is 9.80 Å². The third-order valence-corrected chi connectivity index (χ3v) is 3.56. The van der Waals surface area contributed by atoms with Gasteiger partial charge in [0.25, 0.3) is 0 Å². The van der Waals surface area contributed by atoms with Crippen LogP contribution in [0.3, 0.4) is 0 Å². The Bertz CT molecular complexity index is 342. The van der Waals surface area contributed by atoms with Crippen molar-refractivity contribution in [2.75, 3.05) is 26.2 Å². The molecule has 1 aliphatic heterocycles. The second kappa shape index (κ2) is 5.80. The van der Waals surface area contributed by atoms with Gasteiger partial charge in [-0.05, 0) is 25.5 Å². The molecule has 0 N–H and O–H groups in total. The van der Waals surface area contributed by atoms with Crippen LogP contribution in [-0.2, 0) is 6.54 Å². The quantitative estimate of drug-likeness (QED) is 0.771. The molecular weight excluding hydrogens is 234 g/mol. The fourth-order valence-corrected chi connectivity index (χ4v) is 2.31. The zero-order valence-corrected chi connectivity index (χ0v) is 11.3. The number of piperazine rings is 1. The van der Waals surface area contributed by atoms with E-state index in [1.54, 1.807) is 0 Å². The zero-order chi connectivity index (χ0) is 12.3. The monoisotopic (exact) mass is 253 g/mol. The maximum absolute atomic E-state index is 5.78. The van der Waals surface area contributed by atoms with E-state index < -0.39 is 0 Å². The Labute approximate surface area is 108 Å². The van der Waals surface area contributed by atoms with Crippen molar-refractivity contribution < 1.29 is 0 Å². The second-order valence-corrected chi connectivity index (χ2v) is 5.28. The molecule has 1 saturated heterocycles. The highest BCUT2D eigenvalue weighted by molar-refractivity contribution is 6.29. The summed E-state index contributed by atoms with van der Waals surface area (Å²) >= 11 is 5.78. The van der Waals surface area contributed by atoms with E-state index in [2.05, 4.69) is 34.7 Å².